The lowest BCUT2D eigenvalue weighted by Gasteiger charge is -2.15. The molecule has 3 aromatic heterocycles. The first-order chi connectivity index (χ1) is 14.8. The lowest BCUT2D eigenvalue weighted by Crippen LogP contribution is -2.25. The molecule has 9 nitrogen and oxygen atoms in total. The van der Waals surface area contributed by atoms with Gasteiger partial charge in [-0.1, -0.05) is 0 Å². The summed E-state index contributed by atoms with van der Waals surface area (Å²) < 4.78 is 78.0. The Bertz CT molecular complexity index is 1340. The van der Waals surface area contributed by atoms with Crippen LogP contribution in [0, 0.1) is 5.82 Å². The van der Waals surface area contributed by atoms with Crippen molar-refractivity contribution in [3.63, 3.8) is 0 Å². The third-order valence-electron chi connectivity index (χ3n) is 4.37. The van der Waals surface area contributed by atoms with Gasteiger partial charge in [0.1, 0.15) is 5.65 Å². The molecule has 32 heavy (non-hydrogen) atoms. The van der Waals surface area contributed by atoms with Gasteiger partial charge in [-0.2, -0.15) is 18.2 Å². The third-order valence-corrected chi connectivity index (χ3v) is 5.61. The second-order valence-corrected chi connectivity index (χ2v) is 9.02. The standard InChI is InChI=1S/C18H18F4N6O3S/c1-9(2)28-15-11(8-25-17(23)26-15)5-12(16(28)29)10-6-13(19)14(24-7-10)27-32(30,31)4-3-18(20,21)22/h5-9H,3-4H2,1-2H3,(H,24,27)(H2,23,25,26). The minimum atomic E-state index is -4.69. The van der Waals surface area contributed by atoms with E-state index in [0.29, 0.717) is 5.39 Å². The minimum absolute atomic E-state index is 0.0267. The second kappa shape index (κ2) is 8.33. The summed E-state index contributed by atoms with van der Waals surface area (Å²) in [5.74, 6) is -3.26. The normalized spacial score (nSPS) is 12.5. The summed E-state index contributed by atoms with van der Waals surface area (Å²) in [6.07, 6.45) is -3.85. The number of aromatic nitrogens is 4. The van der Waals surface area contributed by atoms with Gasteiger partial charge in [0.2, 0.25) is 16.0 Å². The Hall–Kier alpha value is -3.29. The van der Waals surface area contributed by atoms with E-state index in [4.69, 9.17) is 5.73 Å². The first-order valence-corrected chi connectivity index (χ1v) is 10.8. The molecule has 0 aliphatic rings. The van der Waals surface area contributed by atoms with Gasteiger partial charge in [0.15, 0.2) is 11.6 Å². The molecule has 0 aliphatic carbocycles. The van der Waals surface area contributed by atoms with Crippen LogP contribution in [0.2, 0.25) is 0 Å². The molecular weight excluding hydrogens is 456 g/mol. The zero-order chi connectivity index (χ0) is 23.8. The number of hydrogen-bond acceptors (Lipinski definition) is 7. The highest BCUT2D eigenvalue weighted by molar-refractivity contribution is 7.92. The van der Waals surface area contributed by atoms with Crippen LogP contribution < -0.4 is 16.0 Å². The van der Waals surface area contributed by atoms with Gasteiger partial charge < -0.3 is 5.73 Å². The predicted molar refractivity (Wildman–Crippen MR) is 110 cm³/mol. The van der Waals surface area contributed by atoms with Crippen molar-refractivity contribution in [2.75, 3.05) is 16.2 Å². The maximum atomic E-state index is 14.5. The molecule has 3 N–H and O–H groups in total. The molecule has 3 aromatic rings. The summed E-state index contributed by atoms with van der Waals surface area (Å²) >= 11 is 0. The molecule has 0 fully saturated rings. The Kier molecular flexibility index (Phi) is 6.09. The molecule has 0 saturated heterocycles. The Balaban J connectivity index is 2.02. The number of nitrogen functional groups attached to an aromatic ring is 1. The number of sulfonamides is 1. The van der Waals surface area contributed by atoms with Gasteiger partial charge >= 0.3 is 6.18 Å². The summed E-state index contributed by atoms with van der Waals surface area (Å²) in [5.41, 5.74) is 5.43. The molecule has 0 radical (unpaired) electrons. The monoisotopic (exact) mass is 474 g/mol. The quantitative estimate of drug-likeness (QED) is 0.525. The highest BCUT2D eigenvalue weighted by atomic mass is 32.2. The van der Waals surface area contributed by atoms with Crippen molar-refractivity contribution in [1.29, 1.82) is 0 Å². The molecule has 0 unspecified atom stereocenters. The molecule has 0 amide bonds. The van der Waals surface area contributed by atoms with Crippen LogP contribution in [0.15, 0.2) is 29.3 Å². The maximum Gasteiger partial charge on any atom is 0.390 e. The summed E-state index contributed by atoms with van der Waals surface area (Å²) in [6, 6.07) is 1.94. The topological polar surface area (TPSA) is 133 Å². The summed E-state index contributed by atoms with van der Waals surface area (Å²) in [4.78, 5) is 24.6. The number of rotatable bonds is 6. The van der Waals surface area contributed by atoms with Crippen LogP contribution in [-0.2, 0) is 10.0 Å². The van der Waals surface area contributed by atoms with Crippen molar-refractivity contribution in [3.8, 4) is 11.1 Å². The van der Waals surface area contributed by atoms with Gasteiger partial charge in [0.05, 0.1) is 12.2 Å². The van der Waals surface area contributed by atoms with Gasteiger partial charge in [-0.3, -0.25) is 14.1 Å². The molecule has 0 atom stereocenters. The van der Waals surface area contributed by atoms with Crippen LogP contribution >= 0.6 is 0 Å². The Morgan fingerprint density at radius 3 is 2.47 bits per heavy atom. The van der Waals surface area contributed by atoms with E-state index >= 15 is 0 Å². The van der Waals surface area contributed by atoms with E-state index in [9.17, 15) is 30.8 Å². The fourth-order valence-electron chi connectivity index (χ4n) is 2.93. The minimum Gasteiger partial charge on any atom is -0.368 e. The number of pyridine rings is 2. The smallest absolute Gasteiger partial charge is 0.368 e. The van der Waals surface area contributed by atoms with Crippen molar-refractivity contribution >= 4 is 32.8 Å². The Labute approximate surface area is 179 Å². The molecule has 3 heterocycles. The van der Waals surface area contributed by atoms with Crippen LogP contribution in [0.25, 0.3) is 22.2 Å². The number of hydrogen-bond donors (Lipinski definition) is 2. The molecular formula is C18H18F4N6O3S. The van der Waals surface area contributed by atoms with Gasteiger partial charge in [0.25, 0.3) is 5.56 Å². The highest BCUT2D eigenvalue weighted by Crippen LogP contribution is 2.25. The fraction of sp³-hybridized carbons (Fsp3) is 0.333. The van der Waals surface area contributed by atoms with E-state index in [1.165, 1.54) is 16.8 Å². The number of nitrogens with one attached hydrogen (secondary N) is 1. The molecule has 14 heteroatoms. The summed E-state index contributed by atoms with van der Waals surface area (Å²) in [5, 5.41) is 0.444. The highest BCUT2D eigenvalue weighted by Gasteiger charge is 2.30. The fourth-order valence-corrected chi connectivity index (χ4v) is 3.97. The Morgan fingerprint density at radius 2 is 1.88 bits per heavy atom. The molecule has 0 aromatic carbocycles. The van der Waals surface area contributed by atoms with E-state index in [-0.39, 0.29) is 28.8 Å². The van der Waals surface area contributed by atoms with Crippen molar-refractivity contribution in [1.82, 2.24) is 19.5 Å². The predicted octanol–water partition coefficient (Wildman–Crippen LogP) is 2.85. The zero-order valence-corrected chi connectivity index (χ0v) is 17.6. The van der Waals surface area contributed by atoms with E-state index in [1.54, 1.807) is 18.6 Å². The van der Waals surface area contributed by atoms with Crippen LogP contribution in [0.1, 0.15) is 26.3 Å². The molecule has 0 aliphatic heterocycles. The summed E-state index contributed by atoms with van der Waals surface area (Å²) in [6.45, 7) is 3.47. The number of nitrogens with two attached hydrogens (primary N) is 1. The van der Waals surface area contributed by atoms with E-state index in [1.807, 2.05) is 0 Å². The van der Waals surface area contributed by atoms with Crippen molar-refractivity contribution in [2.45, 2.75) is 32.5 Å². The average molecular weight is 474 g/mol. The molecule has 0 spiro atoms. The van der Waals surface area contributed by atoms with Gasteiger partial charge in [0, 0.05) is 34.9 Å². The van der Waals surface area contributed by atoms with Crippen LogP contribution in [0.4, 0.5) is 29.3 Å². The molecule has 3 rings (SSSR count). The first-order valence-electron chi connectivity index (χ1n) is 9.18. The molecule has 0 bridgehead atoms. The van der Waals surface area contributed by atoms with Gasteiger partial charge in [-0.25, -0.2) is 22.8 Å². The number of anilines is 2. The zero-order valence-electron chi connectivity index (χ0n) is 16.8. The molecule has 0 saturated carbocycles. The van der Waals surface area contributed by atoms with Gasteiger partial charge in [-0.05, 0) is 26.0 Å². The maximum absolute atomic E-state index is 14.5. The summed E-state index contributed by atoms with van der Waals surface area (Å²) in [7, 11) is -4.49. The van der Waals surface area contributed by atoms with Crippen LogP contribution in [-0.4, -0.2) is 39.9 Å². The van der Waals surface area contributed by atoms with Crippen LogP contribution in [0.5, 0.6) is 0 Å². The number of fused-ring (bicyclic) bond motifs is 1. The molecule has 172 valence electrons. The third kappa shape index (κ3) is 5.12. The van der Waals surface area contributed by atoms with E-state index in [0.717, 1.165) is 12.3 Å². The lowest BCUT2D eigenvalue weighted by molar-refractivity contribution is -0.129. The number of halogens is 4. The van der Waals surface area contributed by atoms with Gasteiger partial charge in [-0.15, -0.1) is 0 Å². The van der Waals surface area contributed by atoms with E-state index in [2.05, 4.69) is 15.0 Å². The number of alkyl halides is 3. The first kappa shape index (κ1) is 23.4. The van der Waals surface area contributed by atoms with Crippen molar-refractivity contribution in [3.05, 3.63) is 40.7 Å². The Morgan fingerprint density at radius 1 is 1.19 bits per heavy atom. The van der Waals surface area contributed by atoms with Crippen molar-refractivity contribution in [2.24, 2.45) is 0 Å². The number of nitrogens with zero attached hydrogens (tertiary/aromatic N) is 4. The van der Waals surface area contributed by atoms with Crippen LogP contribution in [0.3, 0.4) is 0 Å². The lowest BCUT2D eigenvalue weighted by atomic mass is 10.1. The second-order valence-electron chi connectivity index (χ2n) is 7.17. The van der Waals surface area contributed by atoms with Crippen molar-refractivity contribution < 1.29 is 26.0 Å². The SMILES string of the molecule is CC(C)n1c(=O)c(-c2cnc(NS(=O)(=O)CCC(F)(F)F)c(F)c2)cc2cnc(N)nc21. The largest absolute Gasteiger partial charge is 0.390 e. The average Bonchev–Trinajstić information content (AvgIpc) is 2.67. The van der Waals surface area contributed by atoms with E-state index < -0.39 is 45.6 Å².